The molecule has 0 spiro atoms. The van der Waals surface area contributed by atoms with Crippen LogP contribution in [0.5, 0.6) is 0 Å². The Kier molecular flexibility index (Phi) is 2.99. The predicted octanol–water partition coefficient (Wildman–Crippen LogP) is 3.02. The molecule has 2 N–H and O–H groups in total. The molecule has 0 saturated heterocycles. The van der Waals surface area contributed by atoms with Gasteiger partial charge in [-0.15, -0.1) is 0 Å². The minimum atomic E-state index is -0.222. The summed E-state index contributed by atoms with van der Waals surface area (Å²) in [6.45, 7) is 0.631. The summed E-state index contributed by atoms with van der Waals surface area (Å²) in [6, 6.07) is 6.03. The Morgan fingerprint density at radius 2 is 2.06 bits per heavy atom. The molecule has 0 bridgehead atoms. The Labute approximate surface area is 110 Å². The fourth-order valence-corrected chi connectivity index (χ4v) is 3.82. The monoisotopic (exact) mass is 263 g/mol. The van der Waals surface area contributed by atoms with Crippen molar-refractivity contribution in [2.75, 3.05) is 6.54 Å². The molecule has 0 unspecified atom stereocenters. The third kappa shape index (κ3) is 1.80. The molecule has 2 aromatic rings. The molecule has 1 saturated carbocycles. The summed E-state index contributed by atoms with van der Waals surface area (Å²) >= 11 is 1.18. The molecule has 0 amide bonds. The first kappa shape index (κ1) is 11.9. The first-order valence-electron chi connectivity index (χ1n) is 6.48. The Morgan fingerprint density at radius 1 is 1.28 bits per heavy atom. The molecular weight excluding hydrogens is 246 g/mol. The maximum Gasteiger partial charge on any atom is 0.396 e. The van der Waals surface area contributed by atoms with Crippen LogP contribution < -0.4 is 10.7 Å². The van der Waals surface area contributed by atoms with E-state index in [4.69, 9.17) is 10.2 Å². The third-order valence-corrected chi connectivity index (χ3v) is 4.92. The maximum absolute atomic E-state index is 11.4. The average molecular weight is 263 g/mol. The van der Waals surface area contributed by atoms with Gasteiger partial charge in [-0.25, -0.2) is 4.79 Å². The van der Waals surface area contributed by atoms with E-state index in [1.54, 1.807) is 0 Å². The summed E-state index contributed by atoms with van der Waals surface area (Å²) in [4.78, 5) is 11.2. The number of rotatable bonds is 2. The summed E-state index contributed by atoms with van der Waals surface area (Å²) < 4.78 is 6.33. The Hall–Kier alpha value is -1.13. The highest BCUT2D eigenvalue weighted by Gasteiger charge is 2.35. The standard InChI is InChI=1S/C14H17NO2S/c15-9-14(7-2-1-3-8-14)10-5-4-6-11-12(10)17-13(16)18-11/h4-6H,1-3,7-9,15H2. The molecule has 1 aromatic heterocycles. The van der Waals surface area contributed by atoms with Crippen molar-refractivity contribution in [3.63, 3.8) is 0 Å². The lowest BCUT2D eigenvalue weighted by atomic mass is 9.69. The lowest BCUT2D eigenvalue weighted by molar-refractivity contribution is 0.300. The highest BCUT2D eigenvalue weighted by molar-refractivity contribution is 7.16. The van der Waals surface area contributed by atoms with Crippen LogP contribution in [0.3, 0.4) is 0 Å². The van der Waals surface area contributed by atoms with Gasteiger partial charge >= 0.3 is 4.94 Å². The molecule has 0 aliphatic heterocycles. The second-order valence-corrected chi connectivity index (χ2v) is 6.11. The van der Waals surface area contributed by atoms with Crippen LogP contribution in [0.1, 0.15) is 37.7 Å². The van der Waals surface area contributed by atoms with E-state index in [0.717, 1.165) is 28.7 Å². The van der Waals surface area contributed by atoms with Gasteiger partial charge in [-0.2, -0.15) is 0 Å². The molecule has 18 heavy (non-hydrogen) atoms. The SMILES string of the molecule is NCC1(c2cccc3sc(=O)oc23)CCCCC1. The Balaban J connectivity index is 2.19. The topological polar surface area (TPSA) is 56.2 Å². The van der Waals surface area contributed by atoms with Crippen molar-refractivity contribution >= 4 is 21.6 Å². The maximum atomic E-state index is 11.4. The van der Waals surface area contributed by atoms with Crippen molar-refractivity contribution in [1.29, 1.82) is 0 Å². The molecule has 3 rings (SSSR count). The zero-order valence-electron chi connectivity index (χ0n) is 10.3. The molecule has 0 radical (unpaired) electrons. The second kappa shape index (κ2) is 4.52. The normalized spacial score (nSPS) is 19.2. The first-order chi connectivity index (χ1) is 8.75. The summed E-state index contributed by atoms with van der Waals surface area (Å²) in [5, 5.41) is 0. The van der Waals surface area contributed by atoms with E-state index in [9.17, 15) is 4.79 Å². The van der Waals surface area contributed by atoms with Crippen molar-refractivity contribution in [1.82, 2.24) is 0 Å². The summed E-state index contributed by atoms with van der Waals surface area (Å²) in [5.41, 5.74) is 7.96. The minimum absolute atomic E-state index is 0.00870. The van der Waals surface area contributed by atoms with Gasteiger partial charge in [-0.05, 0) is 18.9 Å². The fourth-order valence-electron chi connectivity index (χ4n) is 3.13. The van der Waals surface area contributed by atoms with Gasteiger partial charge in [-0.3, -0.25) is 0 Å². The molecule has 1 aliphatic rings. The highest BCUT2D eigenvalue weighted by Crippen LogP contribution is 2.41. The van der Waals surface area contributed by atoms with E-state index in [0.29, 0.717) is 6.54 Å². The highest BCUT2D eigenvalue weighted by atomic mass is 32.1. The van der Waals surface area contributed by atoms with E-state index in [-0.39, 0.29) is 10.4 Å². The van der Waals surface area contributed by atoms with E-state index in [2.05, 4.69) is 6.07 Å². The van der Waals surface area contributed by atoms with Crippen LogP contribution in [0.2, 0.25) is 0 Å². The molecule has 1 heterocycles. The number of fused-ring (bicyclic) bond motifs is 1. The Morgan fingerprint density at radius 3 is 2.78 bits per heavy atom. The molecule has 3 nitrogen and oxygen atoms in total. The smallest absolute Gasteiger partial charge is 0.396 e. The predicted molar refractivity (Wildman–Crippen MR) is 74.2 cm³/mol. The zero-order valence-corrected chi connectivity index (χ0v) is 11.1. The lowest BCUT2D eigenvalue weighted by Crippen LogP contribution is -2.37. The van der Waals surface area contributed by atoms with Crippen molar-refractivity contribution in [3.8, 4) is 0 Å². The number of hydrogen-bond acceptors (Lipinski definition) is 4. The largest absolute Gasteiger partial charge is 0.414 e. The molecule has 4 heteroatoms. The van der Waals surface area contributed by atoms with Gasteiger partial charge in [0.2, 0.25) is 0 Å². The second-order valence-electron chi connectivity index (χ2n) is 5.13. The fraction of sp³-hybridized carbons (Fsp3) is 0.500. The van der Waals surface area contributed by atoms with Crippen LogP contribution >= 0.6 is 11.3 Å². The van der Waals surface area contributed by atoms with Gasteiger partial charge < -0.3 is 10.2 Å². The molecule has 1 aliphatic carbocycles. The summed E-state index contributed by atoms with van der Waals surface area (Å²) in [6.07, 6.45) is 5.90. The molecule has 1 aromatic carbocycles. The first-order valence-corrected chi connectivity index (χ1v) is 7.30. The quantitative estimate of drug-likeness (QED) is 0.906. The molecular formula is C14H17NO2S. The summed E-state index contributed by atoms with van der Waals surface area (Å²) in [5.74, 6) is 0. The lowest BCUT2D eigenvalue weighted by Gasteiger charge is -2.36. The number of para-hydroxylation sites is 1. The van der Waals surface area contributed by atoms with E-state index >= 15 is 0 Å². The Bertz CT molecular complexity index is 608. The van der Waals surface area contributed by atoms with E-state index in [1.807, 2.05) is 12.1 Å². The van der Waals surface area contributed by atoms with Crippen molar-refractivity contribution in [2.45, 2.75) is 37.5 Å². The van der Waals surface area contributed by atoms with Gasteiger partial charge in [0.15, 0.2) is 5.58 Å². The molecule has 1 fully saturated rings. The van der Waals surface area contributed by atoms with Crippen molar-refractivity contribution < 1.29 is 4.42 Å². The minimum Gasteiger partial charge on any atom is -0.414 e. The van der Waals surface area contributed by atoms with Crippen LogP contribution in [0.25, 0.3) is 10.3 Å². The van der Waals surface area contributed by atoms with Crippen molar-refractivity contribution in [3.05, 3.63) is 33.5 Å². The van der Waals surface area contributed by atoms with Crippen LogP contribution in [-0.4, -0.2) is 6.54 Å². The van der Waals surface area contributed by atoms with Gasteiger partial charge in [0.05, 0.1) is 4.70 Å². The van der Waals surface area contributed by atoms with Crippen LogP contribution in [0.15, 0.2) is 27.4 Å². The zero-order chi connectivity index (χ0) is 12.6. The van der Waals surface area contributed by atoms with Gasteiger partial charge in [0.1, 0.15) is 0 Å². The molecule has 0 atom stereocenters. The van der Waals surface area contributed by atoms with E-state index < -0.39 is 0 Å². The van der Waals surface area contributed by atoms with E-state index in [1.165, 1.54) is 30.6 Å². The van der Waals surface area contributed by atoms with Crippen LogP contribution in [0.4, 0.5) is 0 Å². The van der Waals surface area contributed by atoms with Gasteiger partial charge in [0.25, 0.3) is 0 Å². The summed E-state index contributed by atoms with van der Waals surface area (Å²) in [7, 11) is 0. The third-order valence-electron chi connectivity index (χ3n) is 4.13. The van der Waals surface area contributed by atoms with Gasteiger partial charge in [-0.1, -0.05) is 42.7 Å². The molecule has 96 valence electrons. The number of benzene rings is 1. The van der Waals surface area contributed by atoms with Gasteiger partial charge in [0, 0.05) is 17.5 Å². The van der Waals surface area contributed by atoms with Crippen LogP contribution in [0, 0.1) is 0 Å². The van der Waals surface area contributed by atoms with Crippen LogP contribution in [-0.2, 0) is 5.41 Å². The number of nitrogens with two attached hydrogens (primary N) is 1. The number of hydrogen-bond donors (Lipinski definition) is 1. The van der Waals surface area contributed by atoms with Crippen molar-refractivity contribution in [2.24, 2.45) is 5.73 Å². The average Bonchev–Trinajstić information content (AvgIpc) is 2.79.